The standard InChI is InChI=1S/C18H23N3O/c1-14(18(22)20-17-10-6-3-7-11-17)21-13-16(12-19-21)15-8-4-2-5-9-15/h2,4-5,8-9,12-14,17H,3,6-7,10-11H2,1H3,(H,20,22)/t14-/m1/s1. The molecule has 1 aliphatic carbocycles. The number of hydrogen-bond acceptors (Lipinski definition) is 2. The predicted molar refractivity (Wildman–Crippen MR) is 87.4 cm³/mol. The van der Waals surface area contributed by atoms with Crippen LogP contribution in [0.3, 0.4) is 0 Å². The first-order valence-corrected chi connectivity index (χ1v) is 8.14. The first-order valence-electron chi connectivity index (χ1n) is 8.14. The van der Waals surface area contributed by atoms with Crippen molar-refractivity contribution in [2.45, 2.75) is 51.1 Å². The maximum absolute atomic E-state index is 12.4. The molecule has 1 N–H and O–H groups in total. The summed E-state index contributed by atoms with van der Waals surface area (Å²) in [6.07, 6.45) is 9.71. The van der Waals surface area contributed by atoms with Crippen molar-refractivity contribution < 1.29 is 4.79 Å². The minimum atomic E-state index is -0.278. The third-order valence-corrected chi connectivity index (χ3v) is 4.44. The molecule has 1 atom stereocenters. The Morgan fingerprint density at radius 1 is 1.18 bits per heavy atom. The van der Waals surface area contributed by atoms with Crippen molar-refractivity contribution in [3.8, 4) is 11.1 Å². The molecule has 0 aliphatic heterocycles. The highest BCUT2D eigenvalue weighted by Gasteiger charge is 2.21. The highest BCUT2D eigenvalue weighted by molar-refractivity contribution is 5.80. The molecule has 0 bridgehead atoms. The molecule has 0 unspecified atom stereocenters. The van der Waals surface area contributed by atoms with Gasteiger partial charge >= 0.3 is 0 Å². The van der Waals surface area contributed by atoms with Crippen LogP contribution in [0.25, 0.3) is 11.1 Å². The van der Waals surface area contributed by atoms with E-state index in [1.54, 1.807) is 4.68 Å². The highest BCUT2D eigenvalue weighted by Crippen LogP contribution is 2.21. The maximum Gasteiger partial charge on any atom is 0.244 e. The zero-order valence-corrected chi connectivity index (χ0v) is 13.0. The summed E-state index contributed by atoms with van der Waals surface area (Å²) >= 11 is 0. The fourth-order valence-electron chi connectivity index (χ4n) is 3.02. The van der Waals surface area contributed by atoms with E-state index in [0.717, 1.165) is 24.0 Å². The molecule has 0 radical (unpaired) electrons. The van der Waals surface area contributed by atoms with Gasteiger partial charge in [0.05, 0.1) is 6.20 Å². The number of benzene rings is 1. The van der Waals surface area contributed by atoms with Crippen LogP contribution in [0.4, 0.5) is 0 Å². The van der Waals surface area contributed by atoms with Gasteiger partial charge in [-0.2, -0.15) is 5.10 Å². The third kappa shape index (κ3) is 3.38. The van der Waals surface area contributed by atoms with Gasteiger partial charge in [-0.15, -0.1) is 0 Å². The van der Waals surface area contributed by atoms with Crippen LogP contribution in [0, 0.1) is 0 Å². The SMILES string of the molecule is C[C@H](C(=O)NC1CCCCC1)n1cc(-c2ccccc2)cn1. The van der Waals surface area contributed by atoms with E-state index in [2.05, 4.69) is 10.4 Å². The van der Waals surface area contributed by atoms with Crippen molar-refractivity contribution in [3.63, 3.8) is 0 Å². The Balaban J connectivity index is 1.65. The van der Waals surface area contributed by atoms with E-state index >= 15 is 0 Å². The lowest BCUT2D eigenvalue weighted by Gasteiger charge is -2.24. The van der Waals surface area contributed by atoms with Gasteiger partial charge < -0.3 is 5.32 Å². The zero-order chi connectivity index (χ0) is 15.4. The van der Waals surface area contributed by atoms with Gasteiger partial charge in [0.25, 0.3) is 0 Å². The fourth-order valence-corrected chi connectivity index (χ4v) is 3.02. The molecule has 1 aromatic heterocycles. The molecule has 1 fully saturated rings. The molecule has 116 valence electrons. The summed E-state index contributed by atoms with van der Waals surface area (Å²) in [5, 5.41) is 7.53. The average Bonchev–Trinajstić information content (AvgIpc) is 3.06. The van der Waals surface area contributed by atoms with Crippen LogP contribution in [-0.4, -0.2) is 21.7 Å². The van der Waals surface area contributed by atoms with Gasteiger partial charge in [0.15, 0.2) is 0 Å². The van der Waals surface area contributed by atoms with E-state index in [9.17, 15) is 4.79 Å². The molecule has 0 saturated heterocycles. The second kappa shape index (κ2) is 6.77. The highest BCUT2D eigenvalue weighted by atomic mass is 16.2. The van der Waals surface area contributed by atoms with Crippen molar-refractivity contribution in [3.05, 3.63) is 42.7 Å². The summed E-state index contributed by atoms with van der Waals surface area (Å²) in [6, 6.07) is 10.2. The van der Waals surface area contributed by atoms with Crippen LogP contribution in [0.15, 0.2) is 42.7 Å². The van der Waals surface area contributed by atoms with Gasteiger partial charge in [-0.3, -0.25) is 9.48 Å². The van der Waals surface area contributed by atoms with Crippen LogP contribution in [0.1, 0.15) is 45.1 Å². The molecular weight excluding hydrogens is 274 g/mol. The lowest BCUT2D eigenvalue weighted by atomic mass is 9.95. The van der Waals surface area contributed by atoms with E-state index in [1.165, 1.54) is 19.3 Å². The van der Waals surface area contributed by atoms with Crippen molar-refractivity contribution in [2.75, 3.05) is 0 Å². The molecular formula is C18H23N3O. The summed E-state index contributed by atoms with van der Waals surface area (Å²) in [4.78, 5) is 12.4. The third-order valence-electron chi connectivity index (χ3n) is 4.44. The van der Waals surface area contributed by atoms with Crippen molar-refractivity contribution in [2.24, 2.45) is 0 Å². The van der Waals surface area contributed by atoms with Crippen molar-refractivity contribution in [1.82, 2.24) is 15.1 Å². The Kier molecular flexibility index (Phi) is 4.56. The monoisotopic (exact) mass is 297 g/mol. The smallest absolute Gasteiger partial charge is 0.244 e. The molecule has 1 saturated carbocycles. The molecule has 1 heterocycles. The number of carbonyl (C=O) groups excluding carboxylic acids is 1. The summed E-state index contributed by atoms with van der Waals surface area (Å²) in [5.74, 6) is 0.0645. The van der Waals surface area contributed by atoms with Crippen molar-refractivity contribution in [1.29, 1.82) is 0 Å². The van der Waals surface area contributed by atoms with Crippen LogP contribution in [0.5, 0.6) is 0 Å². The largest absolute Gasteiger partial charge is 0.352 e. The Bertz CT molecular complexity index is 614. The van der Waals surface area contributed by atoms with Gasteiger partial charge in [0.2, 0.25) is 5.91 Å². The normalized spacial score (nSPS) is 17.1. The number of carbonyl (C=O) groups is 1. The molecule has 4 heteroatoms. The Morgan fingerprint density at radius 3 is 2.64 bits per heavy atom. The van der Waals surface area contributed by atoms with Crippen LogP contribution in [-0.2, 0) is 4.79 Å². The topological polar surface area (TPSA) is 46.9 Å². The first kappa shape index (κ1) is 14.8. The summed E-state index contributed by atoms with van der Waals surface area (Å²) in [6.45, 7) is 1.90. The second-order valence-electron chi connectivity index (χ2n) is 6.09. The Labute approximate surface area is 131 Å². The van der Waals surface area contributed by atoms with Gasteiger partial charge in [0, 0.05) is 17.8 Å². The number of nitrogens with zero attached hydrogens (tertiary/aromatic N) is 2. The zero-order valence-electron chi connectivity index (χ0n) is 13.0. The van der Waals surface area contributed by atoms with E-state index in [4.69, 9.17) is 0 Å². The quantitative estimate of drug-likeness (QED) is 0.938. The fraction of sp³-hybridized carbons (Fsp3) is 0.444. The Morgan fingerprint density at radius 2 is 1.91 bits per heavy atom. The molecule has 1 aromatic carbocycles. The summed E-state index contributed by atoms with van der Waals surface area (Å²) in [7, 11) is 0. The molecule has 1 aliphatic rings. The molecule has 4 nitrogen and oxygen atoms in total. The molecule has 0 spiro atoms. The van der Waals surface area contributed by atoms with Gasteiger partial charge in [-0.1, -0.05) is 49.6 Å². The second-order valence-corrected chi connectivity index (χ2v) is 6.09. The molecule has 1 amide bonds. The number of hydrogen-bond donors (Lipinski definition) is 1. The minimum Gasteiger partial charge on any atom is -0.352 e. The van der Waals surface area contributed by atoms with E-state index < -0.39 is 0 Å². The number of rotatable bonds is 4. The summed E-state index contributed by atoms with van der Waals surface area (Å²) < 4.78 is 1.75. The first-order chi connectivity index (χ1) is 10.7. The van der Waals surface area contributed by atoms with E-state index in [-0.39, 0.29) is 11.9 Å². The minimum absolute atomic E-state index is 0.0645. The molecule has 3 rings (SSSR count). The lowest BCUT2D eigenvalue weighted by Crippen LogP contribution is -2.40. The molecule has 2 aromatic rings. The van der Waals surface area contributed by atoms with Crippen LogP contribution in [0.2, 0.25) is 0 Å². The van der Waals surface area contributed by atoms with E-state index in [1.807, 2.05) is 49.6 Å². The van der Waals surface area contributed by atoms with Gasteiger partial charge in [-0.05, 0) is 25.3 Å². The van der Waals surface area contributed by atoms with Gasteiger partial charge in [-0.25, -0.2) is 0 Å². The van der Waals surface area contributed by atoms with Gasteiger partial charge in [0.1, 0.15) is 6.04 Å². The lowest BCUT2D eigenvalue weighted by molar-refractivity contribution is -0.125. The number of amides is 1. The summed E-state index contributed by atoms with van der Waals surface area (Å²) in [5.41, 5.74) is 2.16. The average molecular weight is 297 g/mol. The maximum atomic E-state index is 12.4. The number of nitrogens with one attached hydrogen (secondary N) is 1. The predicted octanol–water partition coefficient (Wildman–Crippen LogP) is 3.56. The number of aromatic nitrogens is 2. The van der Waals surface area contributed by atoms with E-state index in [0.29, 0.717) is 6.04 Å². The van der Waals surface area contributed by atoms with Crippen molar-refractivity contribution >= 4 is 5.91 Å². The molecule has 22 heavy (non-hydrogen) atoms. The van der Waals surface area contributed by atoms with Crippen LogP contribution < -0.4 is 5.32 Å². The van der Waals surface area contributed by atoms with Crippen LogP contribution >= 0.6 is 0 Å². The Hall–Kier alpha value is -2.10.